The van der Waals surface area contributed by atoms with E-state index in [4.69, 9.17) is 4.74 Å². The molecule has 0 saturated heterocycles. The van der Waals surface area contributed by atoms with Crippen LogP contribution in [0.4, 0.5) is 0 Å². The van der Waals surface area contributed by atoms with Crippen molar-refractivity contribution in [3.8, 4) is 0 Å². The smallest absolute Gasteiger partial charge is 0.0763 e. The first-order valence-corrected chi connectivity index (χ1v) is 7.55. The highest BCUT2D eigenvalue weighted by Crippen LogP contribution is 2.28. The fourth-order valence-corrected chi connectivity index (χ4v) is 2.80. The summed E-state index contributed by atoms with van der Waals surface area (Å²) in [5.41, 5.74) is 1.34. The van der Waals surface area contributed by atoms with Crippen molar-refractivity contribution >= 4 is 10.8 Å². The molecule has 0 radical (unpaired) electrons. The summed E-state index contributed by atoms with van der Waals surface area (Å²) in [5, 5.41) is 6.26. The number of methoxy groups -OCH3 is 1. The molecule has 0 aliphatic rings. The van der Waals surface area contributed by atoms with E-state index in [9.17, 15) is 0 Å². The summed E-state index contributed by atoms with van der Waals surface area (Å²) in [4.78, 5) is 0. The van der Waals surface area contributed by atoms with Gasteiger partial charge in [0.05, 0.1) is 12.1 Å². The number of benzene rings is 2. The van der Waals surface area contributed by atoms with Crippen LogP contribution in [0.3, 0.4) is 0 Å². The second kappa shape index (κ2) is 7.41. The highest BCUT2D eigenvalue weighted by molar-refractivity contribution is 5.86. The Hall–Kier alpha value is -1.38. The van der Waals surface area contributed by atoms with E-state index in [1.54, 1.807) is 7.11 Å². The molecule has 0 bridgehead atoms. The Morgan fingerprint density at radius 3 is 2.50 bits per heavy atom. The lowest BCUT2D eigenvalue weighted by Crippen LogP contribution is -2.33. The molecule has 20 heavy (non-hydrogen) atoms. The Balaban J connectivity index is 2.44. The molecule has 2 aromatic carbocycles. The number of hydrogen-bond donors (Lipinski definition) is 1. The summed E-state index contributed by atoms with van der Waals surface area (Å²) >= 11 is 0. The minimum Gasteiger partial charge on any atom is -0.379 e. The van der Waals surface area contributed by atoms with Crippen molar-refractivity contribution in [2.75, 3.05) is 13.7 Å². The Labute approximate surface area is 122 Å². The van der Waals surface area contributed by atoms with Crippen molar-refractivity contribution in [2.24, 2.45) is 0 Å². The van der Waals surface area contributed by atoms with Gasteiger partial charge in [0.2, 0.25) is 0 Å². The molecule has 2 atom stereocenters. The van der Waals surface area contributed by atoms with E-state index in [-0.39, 0.29) is 12.1 Å². The highest BCUT2D eigenvalue weighted by Gasteiger charge is 2.22. The lowest BCUT2D eigenvalue weighted by Gasteiger charge is -2.27. The molecule has 108 valence electrons. The Kier molecular flexibility index (Phi) is 5.57. The summed E-state index contributed by atoms with van der Waals surface area (Å²) < 4.78 is 5.70. The zero-order valence-electron chi connectivity index (χ0n) is 12.7. The molecule has 2 aromatic rings. The molecular formula is C18H25NO. The van der Waals surface area contributed by atoms with Crippen LogP contribution >= 0.6 is 0 Å². The van der Waals surface area contributed by atoms with E-state index in [0.29, 0.717) is 0 Å². The van der Waals surface area contributed by atoms with E-state index >= 15 is 0 Å². The average molecular weight is 271 g/mol. The Morgan fingerprint density at radius 2 is 1.80 bits per heavy atom. The van der Waals surface area contributed by atoms with Gasteiger partial charge in [-0.2, -0.15) is 0 Å². The van der Waals surface area contributed by atoms with E-state index in [1.807, 2.05) is 0 Å². The zero-order valence-corrected chi connectivity index (χ0v) is 12.7. The van der Waals surface area contributed by atoms with Crippen LogP contribution in [0.25, 0.3) is 10.8 Å². The summed E-state index contributed by atoms with van der Waals surface area (Å²) in [6, 6.07) is 15.3. The molecule has 0 fully saturated rings. The maximum absolute atomic E-state index is 5.70. The van der Waals surface area contributed by atoms with E-state index in [1.165, 1.54) is 16.3 Å². The fraction of sp³-hybridized carbons (Fsp3) is 0.444. The third-order valence-electron chi connectivity index (χ3n) is 3.85. The van der Waals surface area contributed by atoms with Gasteiger partial charge in [0.15, 0.2) is 0 Å². The van der Waals surface area contributed by atoms with E-state index in [0.717, 1.165) is 19.4 Å². The molecule has 0 heterocycles. The van der Waals surface area contributed by atoms with Crippen LogP contribution in [0.2, 0.25) is 0 Å². The van der Waals surface area contributed by atoms with Crippen LogP contribution in [-0.2, 0) is 4.74 Å². The molecule has 0 amide bonds. The maximum atomic E-state index is 5.70. The first-order chi connectivity index (χ1) is 9.81. The van der Waals surface area contributed by atoms with Crippen LogP contribution in [0.1, 0.15) is 38.3 Å². The van der Waals surface area contributed by atoms with Gasteiger partial charge in [-0.05, 0) is 35.7 Å². The van der Waals surface area contributed by atoms with Crippen LogP contribution < -0.4 is 5.32 Å². The van der Waals surface area contributed by atoms with E-state index < -0.39 is 0 Å². The van der Waals surface area contributed by atoms with Crippen LogP contribution in [0.15, 0.2) is 42.5 Å². The molecular weight excluding hydrogens is 246 g/mol. The summed E-state index contributed by atoms with van der Waals surface area (Å²) in [7, 11) is 1.81. The fourth-order valence-electron chi connectivity index (χ4n) is 2.80. The van der Waals surface area contributed by atoms with Gasteiger partial charge in [0, 0.05) is 7.11 Å². The first-order valence-electron chi connectivity index (χ1n) is 7.55. The van der Waals surface area contributed by atoms with Gasteiger partial charge in [0.25, 0.3) is 0 Å². The molecule has 0 aromatic heterocycles. The normalized spacial score (nSPS) is 14.3. The molecule has 0 aliphatic carbocycles. The SMILES string of the molecule is CCCNC(c1cccc2ccccc12)C(CC)OC. The Morgan fingerprint density at radius 1 is 1.05 bits per heavy atom. The van der Waals surface area contributed by atoms with Crippen molar-refractivity contribution in [3.63, 3.8) is 0 Å². The van der Waals surface area contributed by atoms with Gasteiger partial charge < -0.3 is 10.1 Å². The van der Waals surface area contributed by atoms with Gasteiger partial charge in [-0.15, -0.1) is 0 Å². The van der Waals surface area contributed by atoms with Gasteiger partial charge in [-0.1, -0.05) is 56.3 Å². The van der Waals surface area contributed by atoms with Crippen molar-refractivity contribution in [1.29, 1.82) is 0 Å². The molecule has 1 N–H and O–H groups in total. The van der Waals surface area contributed by atoms with Crippen LogP contribution in [0, 0.1) is 0 Å². The molecule has 0 saturated carbocycles. The third kappa shape index (κ3) is 3.20. The predicted octanol–water partition coefficient (Wildman–Crippen LogP) is 4.31. The van der Waals surface area contributed by atoms with Crippen molar-refractivity contribution in [2.45, 2.75) is 38.8 Å². The lowest BCUT2D eigenvalue weighted by molar-refractivity contribution is 0.0655. The monoisotopic (exact) mass is 271 g/mol. The number of hydrogen-bond acceptors (Lipinski definition) is 2. The predicted molar refractivity (Wildman–Crippen MR) is 86.1 cm³/mol. The summed E-state index contributed by atoms with van der Waals surface area (Å²) in [6.07, 6.45) is 2.33. The highest BCUT2D eigenvalue weighted by atomic mass is 16.5. The largest absolute Gasteiger partial charge is 0.379 e. The summed E-state index contributed by atoms with van der Waals surface area (Å²) in [5.74, 6) is 0. The lowest BCUT2D eigenvalue weighted by atomic mass is 9.94. The number of rotatable bonds is 7. The van der Waals surface area contributed by atoms with Gasteiger partial charge in [-0.25, -0.2) is 0 Å². The summed E-state index contributed by atoms with van der Waals surface area (Å²) in [6.45, 7) is 5.38. The van der Waals surface area contributed by atoms with Gasteiger partial charge in [-0.3, -0.25) is 0 Å². The molecule has 2 nitrogen and oxygen atoms in total. The minimum absolute atomic E-state index is 0.201. The topological polar surface area (TPSA) is 21.3 Å². The first kappa shape index (κ1) is 15.0. The third-order valence-corrected chi connectivity index (χ3v) is 3.85. The second-order valence-electron chi connectivity index (χ2n) is 5.18. The zero-order chi connectivity index (χ0) is 14.4. The molecule has 0 spiro atoms. The van der Waals surface area contributed by atoms with Gasteiger partial charge >= 0.3 is 0 Å². The number of ether oxygens (including phenoxy) is 1. The number of fused-ring (bicyclic) bond motifs is 1. The second-order valence-corrected chi connectivity index (χ2v) is 5.18. The van der Waals surface area contributed by atoms with Crippen molar-refractivity contribution in [1.82, 2.24) is 5.32 Å². The molecule has 2 unspecified atom stereocenters. The standard InChI is InChI=1S/C18H25NO/c1-4-13-19-18(17(5-2)20-3)16-12-8-10-14-9-6-7-11-15(14)16/h6-12,17-19H,4-5,13H2,1-3H3. The molecule has 2 heteroatoms. The maximum Gasteiger partial charge on any atom is 0.0763 e. The van der Waals surface area contributed by atoms with Crippen molar-refractivity contribution < 1.29 is 4.74 Å². The molecule has 0 aliphatic heterocycles. The van der Waals surface area contributed by atoms with Gasteiger partial charge in [0.1, 0.15) is 0 Å². The van der Waals surface area contributed by atoms with E-state index in [2.05, 4.69) is 61.6 Å². The Bertz CT molecular complexity index is 528. The van der Waals surface area contributed by atoms with Crippen molar-refractivity contribution in [3.05, 3.63) is 48.0 Å². The molecule has 2 rings (SSSR count). The average Bonchev–Trinajstić information content (AvgIpc) is 2.51. The van der Waals surface area contributed by atoms with Crippen LogP contribution in [0.5, 0.6) is 0 Å². The quantitative estimate of drug-likeness (QED) is 0.810. The number of nitrogens with one attached hydrogen (secondary N) is 1. The van der Waals surface area contributed by atoms with Crippen LogP contribution in [-0.4, -0.2) is 19.8 Å². The minimum atomic E-state index is 0.201.